The highest BCUT2D eigenvalue weighted by atomic mass is 32.2. The Bertz CT molecular complexity index is 327. The Morgan fingerprint density at radius 3 is 2.17 bits per heavy atom. The van der Waals surface area contributed by atoms with Gasteiger partial charge in [-0.25, -0.2) is 0 Å². The van der Waals surface area contributed by atoms with Gasteiger partial charge in [-0.05, 0) is 13.8 Å². The van der Waals surface area contributed by atoms with E-state index >= 15 is 0 Å². The summed E-state index contributed by atoms with van der Waals surface area (Å²) < 4.78 is 42.7. The molecule has 0 rings (SSSR count). The molecule has 0 unspecified atom stereocenters. The first-order valence-corrected chi connectivity index (χ1v) is 5.94. The zero-order valence-electron chi connectivity index (χ0n) is 10.4. The topological polar surface area (TPSA) is 29.5 Å². The minimum atomic E-state index is -4.49. The lowest BCUT2D eigenvalue weighted by atomic mass is 10.1. The fourth-order valence-corrected chi connectivity index (χ4v) is 1.59. The van der Waals surface area contributed by atoms with Gasteiger partial charge in [0.25, 0.3) is 0 Å². The van der Waals surface area contributed by atoms with Gasteiger partial charge < -0.3 is 9.29 Å². The maximum Gasteiger partial charge on any atom is 0.417 e. The van der Waals surface area contributed by atoms with Crippen molar-refractivity contribution in [2.45, 2.75) is 32.0 Å². The predicted octanol–water partition coefficient (Wildman–Crippen LogP) is 4.00. The van der Waals surface area contributed by atoms with E-state index in [0.29, 0.717) is 18.5 Å². The van der Waals surface area contributed by atoms with Gasteiger partial charge in [0.1, 0.15) is 0 Å². The van der Waals surface area contributed by atoms with Crippen LogP contribution < -0.4 is 0 Å². The van der Waals surface area contributed by atoms with Crippen molar-refractivity contribution < 1.29 is 22.5 Å². The summed E-state index contributed by atoms with van der Waals surface area (Å²) >= 11 is 0.581. The molecule has 0 aliphatic heterocycles. The van der Waals surface area contributed by atoms with E-state index < -0.39 is 17.4 Å². The van der Waals surface area contributed by atoms with Crippen LogP contribution in [-0.2, 0) is 4.18 Å². The molecule has 2 nitrogen and oxygen atoms in total. The Balaban J connectivity index is 4.56. The van der Waals surface area contributed by atoms with Crippen molar-refractivity contribution in [3.63, 3.8) is 0 Å². The van der Waals surface area contributed by atoms with Gasteiger partial charge in [-0.15, -0.1) is 0 Å². The van der Waals surface area contributed by atoms with Crippen molar-refractivity contribution in [3.8, 4) is 0 Å². The summed E-state index contributed by atoms with van der Waals surface area (Å²) in [4.78, 5) is -0.145. The third kappa shape index (κ3) is 6.88. The number of hydrogen-bond acceptors (Lipinski definition) is 3. The average Bonchev–Trinajstić information content (AvgIpc) is 2.19. The van der Waals surface area contributed by atoms with Crippen LogP contribution in [0.5, 0.6) is 0 Å². The lowest BCUT2D eigenvalue weighted by molar-refractivity contribution is -0.0883. The van der Waals surface area contributed by atoms with Crippen molar-refractivity contribution in [2.75, 3.05) is 6.61 Å². The van der Waals surface area contributed by atoms with E-state index in [1.807, 2.05) is 0 Å². The molecule has 0 aromatic heterocycles. The van der Waals surface area contributed by atoms with Gasteiger partial charge in [-0.1, -0.05) is 25.3 Å². The van der Waals surface area contributed by atoms with Crippen molar-refractivity contribution in [1.29, 1.82) is 0 Å². The van der Waals surface area contributed by atoms with E-state index in [-0.39, 0.29) is 11.5 Å². The Morgan fingerprint density at radius 1 is 1.28 bits per heavy atom. The number of aliphatic hydroxyl groups is 1. The van der Waals surface area contributed by atoms with Crippen molar-refractivity contribution in [2.24, 2.45) is 0 Å². The van der Waals surface area contributed by atoms with E-state index in [1.54, 1.807) is 13.8 Å². The number of hydrogen-bond donors (Lipinski definition) is 1. The molecule has 0 aliphatic rings. The zero-order chi connectivity index (χ0) is 14.4. The van der Waals surface area contributed by atoms with Gasteiger partial charge in [-0.3, -0.25) is 0 Å². The molecule has 0 fully saturated rings. The monoisotopic (exact) mass is 282 g/mol. The molecular formula is C12H17F3O2S. The molecule has 0 atom stereocenters. The summed E-state index contributed by atoms with van der Waals surface area (Å²) in [5, 5.41) is 9.41. The van der Waals surface area contributed by atoms with Crippen molar-refractivity contribution >= 4 is 12.0 Å². The molecule has 0 saturated heterocycles. The fraction of sp³-hybridized carbons (Fsp3) is 0.500. The molecule has 0 amide bonds. The molecule has 0 aromatic carbocycles. The minimum Gasteiger partial charge on any atom is -0.390 e. The quantitative estimate of drug-likeness (QED) is 0.435. The molecule has 1 N–H and O–H groups in total. The van der Waals surface area contributed by atoms with Gasteiger partial charge in [0, 0.05) is 23.4 Å². The summed E-state index contributed by atoms with van der Waals surface area (Å²) in [7, 11) is 0. The van der Waals surface area contributed by atoms with Crippen molar-refractivity contribution in [3.05, 3.63) is 35.8 Å². The van der Waals surface area contributed by atoms with Crippen LogP contribution in [0.25, 0.3) is 0 Å². The molecule has 6 heteroatoms. The third-order valence-corrected chi connectivity index (χ3v) is 2.76. The smallest absolute Gasteiger partial charge is 0.390 e. The molecular weight excluding hydrogens is 265 g/mol. The van der Waals surface area contributed by atoms with Gasteiger partial charge in [-0.2, -0.15) is 13.2 Å². The van der Waals surface area contributed by atoms with E-state index in [4.69, 9.17) is 4.18 Å². The second-order valence-corrected chi connectivity index (χ2v) is 4.99. The Labute approximate surface area is 109 Å². The summed E-state index contributed by atoms with van der Waals surface area (Å²) in [6, 6.07) is 0. The lowest BCUT2D eigenvalue weighted by Gasteiger charge is -2.16. The van der Waals surface area contributed by atoms with Gasteiger partial charge in [0.15, 0.2) is 0 Å². The van der Waals surface area contributed by atoms with Crippen LogP contribution in [0.4, 0.5) is 13.2 Å². The fourth-order valence-electron chi connectivity index (χ4n) is 0.941. The number of allylic oxidation sites excluding steroid dienone is 3. The van der Waals surface area contributed by atoms with Gasteiger partial charge >= 0.3 is 6.18 Å². The highest BCUT2D eigenvalue weighted by Crippen LogP contribution is 2.34. The zero-order valence-corrected chi connectivity index (χ0v) is 11.2. The van der Waals surface area contributed by atoms with Crippen LogP contribution in [0.2, 0.25) is 0 Å². The Morgan fingerprint density at radius 2 is 1.83 bits per heavy atom. The van der Waals surface area contributed by atoms with E-state index in [0.717, 1.165) is 12.2 Å². The first kappa shape index (κ1) is 17.3. The molecule has 0 radical (unpaired) electrons. The normalized spacial score (nSPS) is 14.1. The third-order valence-electron chi connectivity index (χ3n) is 1.91. The molecule has 0 bridgehead atoms. The van der Waals surface area contributed by atoms with Crippen LogP contribution in [0.1, 0.15) is 20.3 Å². The maximum absolute atomic E-state index is 12.6. The largest absolute Gasteiger partial charge is 0.417 e. The molecule has 104 valence electrons. The first-order chi connectivity index (χ1) is 8.11. The first-order valence-electron chi connectivity index (χ1n) is 5.20. The molecule has 0 aromatic rings. The molecule has 0 saturated carbocycles. The molecule has 0 aliphatic carbocycles. The van der Waals surface area contributed by atoms with E-state index in [9.17, 15) is 18.3 Å². The highest BCUT2D eigenvalue weighted by molar-refractivity contribution is 7.98. The van der Waals surface area contributed by atoms with E-state index in [1.165, 1.54) is 0 Å². The van der Waals surface area contributed by atoms with E-state index in [2.05, 4.69) is 13.2 Å². The summed E-state index contributed by atoms with van der Waals surface area (Å²) in [6.45, 7) is 9.76. The predicted molar refractivity (Wildman–Crippen MR) is 67.9 cm³/mol. The van der Waals surface area contributed by atoms with Crippen LogP contribution in [0, 0.1) is 0 Å². The summed E-state index contributed by atoms with van der Waals surface area (Å²) in [5.41, 5.74) is -1.80. The van der Waals surface area contributed by atoms with Gasteiger partial charge in [0.2, 0.25) is 0 Å². The highest BCUT2D eigenvalue weighted by Gasteiger charge is 2.34. The van der Waals surface area contributed by atoms with Gasteiger partial charge in [0.05, 0.1) is 17.8 Å². The molecule has 0 spiro atoms. The Hall–Kier alpha value is -0.720. The minimum absolute atomic E-state index is 0.133. The van der Waals surface area contributed by atoms with Crippen LogP contribution in [0.15, 0.2) is 35.8 Å². The second kappa shape index (κ2) is 7.01. The standard InChI is InChI=1S/C12H17F3O2S/c1-5-9(12(13,14)15)10(6-2)18-17-8-7-11(3,4)16/h5-6,16H,1-2,7-8H2,3-4H3/b10-9-. The van der Waals surface area contributed by atoms with Crippen LogP contribution in [0.3, 0.4) is 0 Å². The van der Waals surface area contributed by atoms with Crippen LogP contribution >= 0.6 is 12.0 Å². The van der Waals surface area contributed by atoms with Crippen LogP contribution in [-0.4, -0.2) is 23.5 Å². The second-order valence-electron chi connectivity index (χ2n) is 4.15. The Kier molecular flexibility index (Phi) is 6.73. The molecule has 18 heavy (non-hydrogen) atoms. The summed E-state index contributed by atoms with van der Waals surface area (Å²) in [6.07, 6.45) is -2.37. The number of halogens is 3. The summed E-state index contributed by atoms with van der Waals surface area (Å²) in [5.74, 6) is 0. The SMILES string of the molecule is C=C/C(SOCCC(C)(C)O)=C(\C=C)C(F)(F)F. The number of alkyl halides is 3. The lowest BCUT2D eigenvalue weighted by Crippen LogP contribution is -2.20. The molecule has 0 heterocycles. The average molecular weight is 282 g/mol. The number of rotatable bonds is 7. The maximum atomic E-state index is 12.6. The van der Waals surface area contributed by atoms with Crippen molar-refractivity contribution in [1.82, 2.24) is 0 Å².